The Hall–Kier alpha value is -0.990. The topological polar surface area (TPSA) is 21.3 Å². The number of benzene rings is 1. The summed E-state index contributed by atoms with van der Waals surface area (Å²) < 4.78 is 5.76. The predicted octanol–water partition coefficient (Wildman–Crippen LogP) is 4.05. The molecule has 0 heterocycles. The van der Waals surface area contributed by atoms with Crippen LogP contribution in [0.5, 0.6) is 5.75 Å². The van der Waals surface area contributed by atoms with Crippen LogP contribution < -0.4 is 10.1 Å². The monoisotopic (exact) mass is 267 g/mol. The van der Waals surface area contributed by atoms with E-state index in [1.165, 1.54) is 0 Å². The van der Waals surface area contributed by atoms with Gasteiger partial charge < -0.3 is 10.1 Å². The summed E-state index contributed by atoms with van der Waals surface area (Å²) in [5, 5.41) is 4.14. The second-order valence-electron chi connectivity index (χ2n) is 4.24. The van der Waals surface area contributed by atoms with Crippen molar-refractivity contribution in [3.05, 3.63) is 41.9 Å². The highest BCUT2D eigenvalue weighted by Gasteiger charge is 2.07. The van der Waals surface area contributed by atoms with E-state index in [1.54, 1.807) is 0 Å². The number of halogens is 1. The predicted molar refractivity (Wildman–Crippen MR) is 78.5 cm³/mol. The second kappa shape index (κ2) is 9.01. The molecule has 0 aliphatic rings. The van der Waals surface area contributed by atoms with Gasteiger partial charge in [-0.1, -0.05) is 30.7 Å². The molecule has 1 N–H and O–H groups in total. The quantitative estimate of drug-likeness (QED) is 0.538. The summed E-state index contributed by atoms with van der Waals surface area (Å²) in [6.07, 6.45) is 5.25. The van der Waals surface area contributed by atoms with Crippen LogP contribution in [0.25, 0.3) is 0 Å². The standard InChI is InChI=1S/C15H22ClNO/c1-3-5-6-9-14(17-4-2)12-18-15-10-7-8-13(16)11-15/h3,7-8,10-11,14,17H,1,4-6,9,12H2,2H3. The van der Waals surface area contributed by atoms with E-state index in [0.29, 0.717) is 17.7 Å². The first-order valence-electron chi connectivity index (χ1n) is 6.49. The van der Waals surface area contributed by atoms with Crippen molar-refractivity contribution in [2.45, 2.75) is 32.2 Å². The Labute approximate surface area is 115 Å². The van der Waals surface area contributed by atoms with Crippen LogP contribution >= 0.6 is 11.6 Å². The molecule has 0 radical (unpaired) electrons. The van der Waals surface area contributed by atoms with Crippen molar-refractivity contribution in [3.8, 4) is 5.75 Å². The van der Waals surface area contributed by atoms with Gasteiger partial charge in [-0.2, -0.15) is 0 Å². The molecule has 0 aliphatic carbocycles. The third kappa shape index (κ3) is 6.08. The highest BCUT2D eigenvalue weighted by Crippen LogP contribution is 2.17. The second-order valence-corrected chi connectivity index (χ2v) is 4.68. The van der Waals surface area contributed by atoms with E-state index < -0.39 is 0 Å². The third-order valence-corrected chi connectivity index (χ3v) is 2.94. The van der Waals surface area contributed by atoms with Crippen LogP contribution in [0.3, 0.4) is 0 Å². The van der Waals surface area contributed by atoms with Gasteiger partial charge in [0.05, 0.1) is 0 Å². The lowest BCUT2D eigenvalue weighted by molar-refractivity contribution is 0.256. The smallest absolute Gasteiger partial charge is 0.120 e. The SMILES string of the molecule is C=CCCCC(COc1cccc(Cl)c1)NCC. The molecular formula is C15H22ClNO. The van der Waals surface area contributed by atoms with E-state index in [1.807, 2.05) is 30.3 Å². The van der Waals surface area contributed by atoms with E-state index in [-0.39, 0.29) is 0 Å². The van der Waals surface area contributed by atoms with Crippen molar-refractivity contribution < 1.29 is 4.74 Å². The van der Waals surface area contributed by atoms with Gasteiger partial charge in [-0.05, 0) is 44.0 Å². The fraction of sp³-hybridized carbons (Fsp3) is 0.467. The van der Waals surface area contributed by atoms with Crippen LogP contribution in [0.15, 0.2) is 36.9 Å². The van der Waals surface area contributed by atoms with E-state index in [9.17, 15) is 0 Å². The molecule has 0 spiro atoms. The Bertz CT molecular complexity index is 354. The summed E-state index contributed by atoms with van der Waals surface area (Å²) in [6, 6.07) is 7.90. The summed E-state index contributed by atoms with van der Waals surface area (Å²) in [4.78, 5) is 0. The number of unbranched alkanes of at least 4 members (excludes halogenated alkanes) is 1. The molecule has 0 aliphatic heterocycles. The summed E-state index contributed by atoms with van der Waals surface area (Å²) in [6.45, 7) is 7.48. The maximum atomic E-state index is 5.92. The number of hydrogen-bond acceptors (Lipinski definition) is 2. The van der Waals surface area contributed by atoms with Gasteiger partial charge in [0.2, 0.25) is 0 Å². The lowest BCUT2D eigenvalue weighted by Gasteiger charge is -2.18. The summed E-state index contributed by atoms with van der Waals surface area (Å²) in [7, 11) is 0. The van der Waals surface area contributed by atoms with Crippen molar-refractivity contribution in [2.75, 3.05) is 13.2 Å². The van der Waals surface area contributed by atoms with Crippen molar-refractivity contribution in [2.24, 2.45) is 0 Å². The van der Waals surface area contributed by atoms with Crippen molar-refractivity contribution in [1.82, 2.24) is 5.32 Å². The fourth-order valence-corrected chi connectivity index (χ4v) is 1.98. The van der Waals surface area contributed by atoms with Gasteiger partial charge in [0.1, 0.15) is 12.4 Å². The minimum atomic E-state index is 0.383. The molecule has 100 valence electrons. The van der Waals surface area contributed by atoms with Gasteiger partial charge in [0.15, 0.2) is 0 Å². The molecule has 0 fully saturated rings. The summed E-state index contributed by atoms with van der Waals surface area (Å²) >= 11 is 5.92. The van der Waals surface area contributed by atoms with Crippen LogP contribution in [-0.2, 0) is 0 Å². The van der Waals surface area contributed by atoms with Gasteiger partial charge in [-0.3, -0.25) is 0 Å². The van der Waals surface area contributed by atoms with Gasteiger partial charge in [0, 0.05) is 11.1 Å². The van der Waals surface area contributed by atoms with Crippen LogP contribution in [0.1, 0.15) is 26.2 Å². The maximum Gasteiger partial charge on any atom is 0.120 e. The minimum absolute atomic E-state index is 0.383. The zero-order chi connectivity index (χ0) is 13.2. The zero-order valence-corrected chi connectivity index (χ0v) is 11.7. The first-order chi connectivity index (χ1) is 8.76. The Balaban J connectivity index is 2.38. The number of likely N-dealkylation sites (N-methyl/N-ethyl adjacent to an activating group) is 1. The van der Waals surface area contributed by atoms with Crippen LogP contribution in [0.2, 0.25) is 5.02 Å². The van der Waals surface area contributed by atoms with Crippen LogP contribution in [-0.4, -0.2) is 19.2 Å². The van der Waals surface area contributed by atoms with Crippen molar-refractivity contribution in [3.63, 3.8) is 0 Å². The Morgan fingerprint density at radius 3 is 3.00 bits per heavy atom. The normalized spacial score (nSPS) is 12.1. The number of ether oxygens (including phenoxy) is 1. The van der Waals surface area contributed by atoms with Gasteiger partial charge >= 0.3 is 0 Å². The maximum absolute atomic E-state index is 5.92. The number of hydrogen-bond donors (Lipinski definition) is 1. The lowest BCUT2D eigenvalue weighted by Crippen LogP contribution is -2.34. The molecule has 1 aromatic carbocycles. The molecule has 1 atom stereocenters. The average molecular weight is 268 g/mol. The van der Waals surface area contributed by atoms with E-state index in [0.717, 1.165) is 31.6 Å². The molecule has 1 aromatic rings. The number of nitrogens with one attached hydrogen (secondary N) is 1. The van der Waals surface area contributed by atoms with E-state index in [4.69, 9.17) is 16.3 Å². The first kappa shape index (κ1) is 15.1. The molecule has 2 nitrogen and oxygen atoms in total. The van der Waals surface area contributed by atoms with Gasteiger partial charge in [-0.15, -0.1) is 6.58 Å². The Morgan fingerprint density at radius 2 is 2.33 bits per heavy atom. The summed E-state index contributed by atoms with van der Waals surface area (Å²) in [5.74, 6) is 0.828. The summed E-state index contributed by atoms with van der Waals surface area (Å²) in [5.41, 5.74) is 0. The van der Waals surface area contributed by atoms with E-state index in [2.05, 4.69) is 18.8 Å². The highest BCUT2D eigenvalue weighted by atomic mass is 35.5. The molecule has 1 rings (SSSR count). The number of allylic oxidation sites excluding steroid dienone is 1. The van der Waals surface area contributed by atoms with Gasteiger partial charge in [0.25, 0.3) is 0 Å². The highest BCUT2D eigenvalue weighted by molar-refractivity contribution is 6.30. The van der Waals surface area contributed by atoms with Crippen LogP contribution in [0, 0.1) is 0 Å². The van der Waals surface area contributed by atoms with Crippen LogP contribution in [0.4, 0.5) is 0 Å². The fourth-order valence-electron chi connectivity index (χ4n) is 1.80. The Kier molecular flexibility index (Phi) is 7.54. The number of rotatable bonds is 9. The minimum Gasteiger partial charge on any atom is -0.492 e. The largest absolute Gasteiger partial charge is 0.492 e. The molecule has 0 saturated carbocycles. The molecule has 1 unspecified atom stereocenters. The van der Waals surface area contributed by atoms with Gasteiger partial charge in [-0.25, -0.2) is 0 Å². The molecule has 0 bridgehead atoms. The molecule has 0 amide bonds. The first-order valence-corrected chi connectivity index (χ1v) is 6.86. The average Bonchev–Trinajstić information content (AvgIpc) is 2.36. The zero-order valence-electron chi connectivity index (χ0n) is 11.0. The molecule has 18 heavy (non-hydrogen) atoms. The molecule has 3 heteroatoms. The third-order valence-electron chi connectivity index (χ3n) is 2.70. The molecular weight excluding hydrogens is 246 g/mol. The lowest BCUT2D eigenvalue weighted by atomic mass is 10.1. The molecule has 0 aromatic heterocycles. The van der Waals surface area contributed by atoms with E-state index >= 15 is 0 Å². The molecule has 0 saturated heterocycles. The Morgan fingerprint density at radius 1 is 1.50 bits per heavy atom. The van der Waals surface area contributed by atoms with Crippen molar-refractivity contribution >= 4 is 11.6 Å². The van der Waals surface area contributed by atoms with Crippen molar-refractivity contribution in [1.29, 1.82) is 0 Å².